The molecule has 3 rings (SSSR count). The number of methoxy groups -OCH3 is 1. The molecular formula is C20H17N3O3S. The number of nitrogens with zero attached hydrogens (tertiary/aromatic N) is 2. The fourth-order valence-corrected chi connectivity index (χ4v) is 3.35. The Morgan fingerprint density at radius 2 is 1.78 bits per heavy atom. The summed E-state index contributed by atoms with van der Waals surface area (Å²) in [7, 11) is -1.72. The molecule has 0 saturated carbocycles. The molecule has 7 heteroatoms. The lowest BCUT2D eigenvalue weighted by atomic mass is 9.98. The normalized spacial score (nSPS) is 11.0. The van der Waals surface area contributed by atoms with Gasteiger partial charge in [0.25, 0.3) is 0 Å². The van der Waals surface area contributed by atoms with Crippen LogP contribution in [-0.2, 0) is 9.84 Å². The van der Waals surface area contributed by atoms with Crippen molar-refractivity contribution in [3.8, 4) is 34.2 Å². The van der Waals surface area contributed by atoms with Crippen LogP contribution in [0.3, 0.4) is 0 Å². The van der Waals surface area contributed by atoms with Gasteiger partial charge in [-0.15, -0.1) is 0 Å². The molecular weight excluding hydrogens is 362 g/mol. The molecule has 0 fully saturated rings. The van der Waals surface area contributed by atoms with Gasteiger partial charge in [-0.05, 0) is 35.9 Å². The Morgan fingerprint density at radius 3 is 2.37 bits per heavy atom. The predicted molar refractivity (Wildman–Crippen MR) is 104 cm³/mol. The Balaban J connectivity index is 2.17. The van der Waals surface area contributed by atoms with Crippen molar-refractivity contribution in [1.29, 1.82) is 5.26 Å². The minimum atomic E-state index is -3.30. The molecule has 0 bridgehead atoms. The first kappa shape index (κ1) is 18.4. The van der Waals surface area contributed by atoms with Crippen LogP contribution in [0.5, 0.6) is 5.75 Å². The number of nitrogen functional groups attached to an aromatic ring is 1. The summed E-state index contributed by atoms with van der Waals surface area (Å²) in [4.78, 5) is 4.54. The zero-order chi connectivity index (χ0) is 19.6. The van der Waals surface area contributed by atoms with E-state index in [-0.39, 0.29) is 16.3 Å². The fourth-order valence-electron chi connectivity index (χ4n) is 2.72. The Labute approximate surface area is 157 Å². The lowest BCUT2D eigenvalue weighted by Gasteiger charge is -2.11. The summed E-state index contributed by atoms with van der Waals surface area (Å²) in [6, 6.07) is 17.5. The minimum absolute atomic E-state index is 0.111. The molecule has 0 saturated heterocycles. The van der Waals surface area contributed by atoms with Crippen LogP contribution in [0.15, 0.2) is 59.5 Å². The van der Waals surface area contributed by atoms with E-state index in [2.05, 4.69) is 11.1 Å². The van der Waals surface area contributed by atoms with Crippen LogP contribution in [0.1, 0.15) is 5.56 Å². The molecule has 136 valence electrons. The number of ether oxygens (including phenoxy) is 1. The van der Waals surface area contributed by atoms with Crippen LogP contribution in [0.2, 0.25) is 0 Å². The zero-order valence-electron chi connectivity index (χ0n) is 14.8. The molecule has 0 aliphatic rings. The number of rotatable bonds is 4. The maximum absolute atomic E-state index is 11.7. The van der Waals surface area contributed by atoms with E-state index >= 15 is 0 Å². The third-order valence-corrected chi connectivity index (χ3v) is 5.25. The van der Waals surface area contributed by atoms with Crippen molar-refractivity contribution in [2.24, 2.45) is 0 Å². The topological polar surface area (TPSA) is 106 Å². The maximum Gasteiger partial charge on any atom is 0.175 e. The quantitative estimate of drug-likeness (QED) is 0.745. The van der Waals surface area contributed by atoms with E-state index in [0.717, 1.165) is 11.8 Å². The smallest absolute Gasteiger partial charge is 0.175 e. The highest BCUT2D eigenvalue weighted by Crippen LogP contribution is 2.32. The largest absolute Gasteiger partial charge is 0.497 e. The maximum atomic E-state index is 11.7. The summed E-state index contributed by atoms with van der Waals surface area (Å²) in [5.74, 6) is 0.788. The molecule has 1 aromatic heterocycles. The first-order valence-electron chi connectivity index (χ1n) is 7.99. The molecule has 0 amide bonds. The fraction of sp³-hybridized carbons (Fsp3) is 0.100. The van der Waals surface area contributed by atoms with Gasteiger partial charge in [-0.2, -0.15) is 5.26 Å². The number of hydrogen-bond donors (Lipinski definition) is 1. The average molecular weight is 379 g/mol. The van der Waals surface area contributed by atoms with Gasteiger partial charge in [0.05, 0.1) is 17.7 Å². The van der Waals surface area contributed by atoms with Crippen LogP contribution in [0.4, 0.5) is 5.82 Å². The van der Waals surface area contributed by atoms with Crippen molar-refractivity contribution in [2.75, 3.05) is 19.1 Å². The lowest BCUT2D eigenvalue weighted by molar-refractivity contribution is 0.415. The summed E-state index contributed by atoms with van der Waals surface area (Å²) in [6.45, 7) is 0. The lowest BCUT2D eigenvalue weighted by Crippen LogP contribution is -2.00. The van der Waals surface area contributed by atoms with Crippen molar-refractivity contribution in [3.63, 3.8) is 0 Å². The highest BCUT2D eigenvalue weighted by atomic mass is 32.2. The van der Waals surface area contributed by atoms with Crippen LogP contribution < -0.4 is 10.5 Å². The third-order valence-electron chi connectivity index (χ3n) is 4.12. The minimum Gasteiger partial charge on any atom is -0.497 e. The highest BCUT2D eigenvalue weighted by molar-refractivity contribution is 7.90. The predicted octanol–water partition coefficient (Wildman–Crippen LogP) is 3.28. The second kappa shape index (κ2) is 7.09. The average Bonchev–Trinajstić information content (AvgIpc) is 2.66. The number of aromatic nitrogens is 1. The van der Waals surface area contributed by atoms with Gasteiger partial charge in [0.15, 0.2) is 9.84 Å². The number of hydrogen-bond acceptors (Lipinski definition) is 6. The Hall–Kier alpha value is -3.37. The summed E-state index contributed by atoms with van der Waals surface area (Å²) < 4.78 is 28.6. The first-order valence-corrected chi connectivity index (χ1v) is 9.88. The van der Waals surface area contributed by atoms with Gasteiger partial charge in [-0.1, -0.05) is 24.3 Å². The molecule has 0 spiro atoms. The molecule has 27 heavy (non-hydrogen) atoms. The zero-order valence-corrected chi connectivity index (χ0v) is 15.6. The molecule has 6 nitrogen and oxygen atoms in total. The second-order valence-electron chi connectivity index (χ2n) is 5.96. The van der Waals surface area contributed by atoms with Crippen LogP contribution in [0.25, 0.3) is 22.4 Å². The molecule has 0 aliphatic heterocycles. The summed E-state index contributed by atoms with van der Waals surface area (Å²) in [5.41, 5.74) is 8.91. The van der Waals surface area contributed by atoms with Gasteiger partial charge in [0.1, 0.15) is 23.2 Å². The summed E-state index contributed by atoms with van der Waals surface area (Å²) in [6.07, 6.45) is 1.15. The van der Waals surface area contributed by atoms with E-state index in [1.807, 2.05) is 24.3 Å². The third kappa shape index (κ3) is 3.76. The summed E-state index contributed by atoms with van der Waals surface area (Å²) >= 11 is 0. The molecule has 0 unspecified atom stereocenters. The van der Waals surface area contributed by atoms with Gasteiger partial charge in [0.2, 0.25) is 0 Å². The van der Waals surface area contributed by atoms with E-state index in [1.54, 1.807) is 25.3 Å². The van der Waals surface area contributed by atoms with E-state index in [0.29, 0.717) is 22.6 Å². The van der Waals surface area contributed by atoms with E-state index < -0.39 is 9.84 Å². The number of nitrogens with two attached hydrogens (primary N) is 1. The van der Waals surface area contributed by atoms with Gasteiger partial charge in [-0.3, -0.25) is 0 Å². The van der Waals surface area contributed by atoms with E-state index in [4.69, 9.17) is 10.5 Å². The van der Waals surface area contributed by atoms with Crippen LogP contribution >= 0.6 is 0 Å². The van der Waals surface area contributed by atoms with Gasteiger partial charge >= 0.3 is 0 Å². The van der Waals surface area contributed by atoms with Crippen LogP contribution in [-0.4, -0.2) is 26.8 Å². The molecule has 1 heterocycles. The van der Waals surface area contributed by atoms with Gasteiger partial charge in [-0.25, -0.2) is 13.4 Å². The van der Waals surface area contributed by atoms with Crippen molar-refractivity contribution >= 4 is 15.7 Å². The molecule has 0 radical (unpaired) electrons. The standard InChI is InChI=1S/C20H17N3O3S/c1-26-15-5-3-4-14(10-15)19-11-17(18(12-21)20(22)23-19)13-6-8-16(9-7-13)27(2,24)25/h3-11H,1-2H3,(H2,22,23). The van der Waals surface area contributed by atoms with Crippen LogP contribution in [0, 0.1) is 11.3 Å². The Morgan fingerprint density at radius 1 is 1.07 bits per heavy atom. The second-order valence-corrected chi connectivity index (χ2v) is 7.97. The molecule has 2 N–H and O–H groups in total. The van der Waals surface area contributed by atoms with Crippen molar-refractivity contribution in [2.45, 2.75) is 4.90 Å². The van der Waals surface area contributed by atoms with E-state index in [9.17, 15) is 13.7 Å². The van der Waals surface area contributed by atoms with Crippen molar-refractivity contribution < 1.29 is 13.2 Å². The van der Waals surface area contributed by atoms with Gasteiger partial charge < -0.3 is 10.5 Å². The number of anilines is 1. The SMILES string of the molecule is COc1cccc(-c2cc(-c3ccc(S(C)(=O)=O)cc3)c(C#N)c(N)n2)c1. The molecule has 0 aliphatic carbocycles. The van der Waals surface area contributed by atoms with E-state index in [1.165, 1.54) is 12.1 Å². The van der Waals surface area contributed by atoms with Gasteiger partial charge in [0, 0.05) is 17.4 Å². The molecule has 2 aromatic carbocycles. The molecule has 0 atom stereocenters. The first-order chi connectivity index (χ1) is 12.8. The Kier molecular flexibility index (Phi) is 4.84. The number of sulfone groups is 1. The number of benzene rings is 2. The molecule has 3 aromatic rings. The number of nitriles is 1. The van der Waals surface area contributed by atoms with Crippen molar-refractivity contribution in [1.82, 2.24) is 4.98 Å². The highest BCUT2D eigenvalue weighted by Gasteiger charge is 2.15. The Bertz CT molecular complexity index is 1150. The monoisotopic (exact) mass is 379 g/mol. The van der Waals surface area contributed by atoms with Crippen molar-refractivity contribution in [3.05, 3.63) is 60.2 Å². The summed E-state index contributed by atoms with van der Waals surface area (Å²) in [5, 5.41) is 9.50. The number of pyridine rings is 1.